The average molecular weight is 394 g/mol. The van der Waals surface area contributed by atoms with E-state index in [2.05, 4.69) is 24.4 Å². The number of morpholine rings is 1. The van der Waals surface area contributed by atoms with Crippen molar-refractivity contribution >= 4 is 22.9 Å². The second-order valence-electron chi connectivity index (χ2n) is 7.87. The summed E-state index contributed by atoms with van der Waals surface area (Å²) in [5.74, 6) is 1.76. The fraction of sp³-hybridized carbons (Fsp3) is 0.550. The number of fused-ring (bicyclic) bond motifs is 1. The Balaban J connectivity index is 1.58. The summed E-state index contributed by atoms with van der Waals surface area (Å²) < 4.78 is 7.68. The van der Waals surface area contributed by atoms with Crippen LogP contribution in [0.5, 0.6) is 0 Å². The molecule has 2 aliphatic rings. The summed E-state index contributed by atoms with van der Waals surface area (Å²) >= 11 is 0. The van der Waals surface area contributed by atoms with E-state index in [0.717, 1.165) is 30.8 Å². The normalized spacial score (nSPS) is 18.4. The van der Waals surface area contributed by atoms with Crippen LogP contribution in [0.3, 0.4) is 0 Å². The summed E-state index contributed by atoms with van der Waals surface area (Å²) in [6.45, 7) is 3.85. The first-order chi connectivity index (χ1) is 14.3. The van der Waals surface area contributed by atoms with Crippen molar-refractivity contribution in [1.29, 1.82) is 0 Å². The summed E-state index contributed by atoms with van der Waals surface area (Å²) in [5, 5.41) is 0. The van der Waals surface area contributed by atoms with E-state index in [9.17, 15) is 0 Å². The predicted molar refractivity (Wildman–Crippen MR) is 110 cm³/mol. The van der Waals surface area contributed by atoms with Gasteiger partial charge in [-0.2, -0.15) is 4.98 Å². The summed E-state index contributed by atoms with van der Waals surface area (Å²) in [7, 11) is 0. The van der Waals surface area contributed by atoms with Gasteiger partial charge in [0.2, 0.25) is 5.95 Å². The van der Waals surface area contributed by atoms with Gasteiger partial charge in [-0.15, -0.1) is 0 Å². The SMILES string of the molecule is Nc1cnc(-c2nc(N3CCOCC3)nc3c2ncn3CC2CCCCC2)cn1. The predicted octanol–water partition coefficient (Wildman–Crippen LogP) is 2.28. The molecule has 152 valence electrons. The third kappa shape index (κ3) is 3.74. The molecule has 0 aromatic carbocycles. The maximum atomic E-state index is 5.72. The smallest absolute Gasteiger partial charge is 0.228 e. The Kier molecular flexibility index (Phi) is 4.97. The minimum absolute atomic E-state index is 0.385. The number of ether oxygens (including phenoxy) is 1. The number of nitrogens with two attached hydrogens (primary N) is 1. The Morgan fingerprint density at radius 2 is 1.83 bits per heavy atom. The highest BCUT2D eigenvalue weighted by Crippen LogP contribution is 2.29. The van der Waals surface area contributed by atoms with E-state index in [1.807, 2.05) is 6.33 Å². The van der Waals surface area contributed by atoms with Gasteiger partial charge in [0.1, 0.15) is 22.7 Å². The number of anilines is 2. The number of imidazole rings is 1. The Hall–Kier alpha value is -2.81. The minimum Gasteiger partial charge on any atom is -0.382 e. The molecule has 9 heteroatoms. The van der Waals surface area contributed by atoms with Gasteiger partial charge < -0.3 is 19.9 Å². The molecule has 1 aliphatic carbocycles. The standard InChI is InChI=1S/C20H26N8O/c21-16-11-22-15(10-23-16)17-18-19(26-20(25-17)27-6-8-29-9-7-27)28(13-24-18)12-14-4-2-1-3-5-14/h10-11,13-14H,1-9,12H2,(H2,21,23). The van der Waals surface area contributed by atoms with Crippen LogP contribution in [0.2, 0.25) is 0 Å². The van der Waals surface area contributed by atoms with Crippen LogP contribution < -0.4 is 10.6 Å². The van der Waals surface area contributed by atoms with E-state index < -0.39 is 0 Å². The molecule has 0 amide bonds. The van der Waals surface area contributed by atoms with Crippen molar-refractivity contribution in [1.82, 2.24) is 29.5 Å². The molecule has 9 nitrogen and oxygen atoms in total. The molecule has 0 spiro atoms. The zero-order valence-electron chi connectivity index (χ0n) is 16.5. The molecule has 5 rings (SSSR count). The van der Waals surface area contributed by atoms with Gasteiger partial charge in [0.25, 0.3) is 0 Å². The monoisotopic (exact) mass is 394 g/mol. The van der Waals surface area contributed by atoms with Gasteiger partial charge in [-0.1, -0.05) is 19.3 Å². The summed E-state index contributed by atoms with van der Waals surface area (Å²) in [5.41, 5.74) is 8.70. The lowest BCUT2D eigenvalue weighted by Crippen LogP contribution is -2.37. The molecular weight excluding hydrogens is 368 g/mol. The van der Waals surface area contributed by atoms with Crippen LogP contribution in [-0.4, -0.2) is 55.8 Å². The number of rotatable bonds is 4. The van der Waals surface area contributed by atoms with Gasteiger partial charge in [0.05, 0.1) is 31.9 Å². The molecule has 0 radical (unpaired) electrons. The van der Waals surface area contributed by atoms with E-state index in [1.54, 1.807) is 12.4 Å². The largest absolute Gasteiger partial charge is 0.382 e. The van der Waals surface area contributed by atoms with E-state index in [1.165, 1.54) is 32.1 Å². The average Bonchev–Trinajstić information content (AvgIpc) is 3.18. The van der Waals surface area contributed by atoms with E-state index in [4.69, 9.17) is 20.4 Å². The molecule has 1 saturated carbocycles. The van der Waals surface area contributed by atoms with Crippen molar-refractivity contribution in [2.75, 3.05) is 36.9 Å². The van der Waals surface area contributed by atoms with Crippen molar-refractivity contribution in [3.8, 4) is 11.4 Å². The van der Waals surface area contributed by atoms with Crippen molar-refractivity contribution < 1.29 is 4.74 Å². The number of nitrogens with zero attached hydrogens (tertiary/aromatic N) is 7. The Labute approximate surface area is 169 Å². The Morgan fingerprint density at radius 1 is 1.00 bits per heavy atom. The molecule has 29 heavy (non-hydrogen) atoms. The topological polar surface area (TPSA) is 108 Å². The summed E-state index contributed by atoms with van der Waals surface area (Å²) in [4.78, 5) is 25.2. The second kappa shape index (κ2) is 7.90. The Morgan fingerprint density at radius 3 is 2.59 bits per heavy atom. The zero-order valence-corrected chi connectivity index (χ0v) is 16.5. The summed E-state index contributed by atoms with van der Waals surface area (Å²) in [6.07, 6.45) is 11.6. The lowest BCUT2D eigenvalue weighted by atomic mass is 9.89. The zero-order chi connectivity index (χ0) is 19.6. The fourth-order valence-electron chi connectivity index (χ4n) is 4.26. The molecule has 1 saturated heterocycles. The Bertz CT molecular complexity index is 974. The number of hydrogen-bond donors (Lipinski definition) is 1. The van der Waals surface area contributed by atoms with Crippen LogP contribution in [0.4, 0.5) is 11.8 Å². The highest BCUT2D eigenvalue weighted by atomic mass is 16.5. The van der Waals surface area contributed by atoms with Gasteiger partial charge in [0.15, 0.2) is 5.65 Å². The van der Waals surface area contributed by atoms with Gasteiger partial charge in [-0.3, -0.25) is 0 Å². The third-order valence-corrected chi connectivity index (χ3v) is 5.84. The number of nitrogen functional groups attached to an aromatic ring is 1. The van der Waals surface area contributed by atoms with Crippen molar-refractivity contribution in [3.05, 3.63) is 18.7 Å². The van der Waals surface area contributed by atoms with Crippen LogP contribution in [0, 0.1) is 5.92 Å². The first-order valence-corrected chi connectivity index (χ1v) is 10.4. The van der Waals surface area contributed by atoms with Gasteiger partial charge in [0, 0.05) is 19.6 Å². The molecule has 0 atom stereocenters. The van der Waals surface area contributed by atoms with Crippen LogP contribution in [-0.2, 0) is 11.3 Å². The van der Waals surface area contributed by atoms with Crippen LogP contribution in [0.15, 0.2) is 18.7 Å². The molecule has 3 aromatic heterocycles. The van der Waals surface area contributed by atoms with Crippen molar-refractivity contribution in [2.24, 2.45) is 5.92 Å². The van der Waals surface area contributed by atoms with Gasteiger partial charge >= 0.3 is 0 Å². The second-order valence-corrected chi connectivity index (χ2v) is 7.87. The third-order valence-electron chi connectivity index (χ3n) is 5.84. The fourth-order valence-corrected chi connectivity index (χ4v) is 4.26. The van der Waals surface area contributed by atoms with Crippen molar-refractivity contribution in [3.63, 3.8) is 0 Å². The van der Waals surface area contributed by atoms with Crippen LogP contribution >= 0.6 is 0 Å². The number of aromatic nitrogens is 6. The maximum absolute atomic E-state index is 5.72. The molecule has 0 unspecified atom stereocenters. The first kappa shape index (κ1) is 18.2. The van der Waals surface area contributed by atoms with Crippen LogP contribution in [0.1, 0.15) is 32.1 Å². The molecule has 2 fully saturated rings. The molecule has 0 bridgehead atoms. The lowest BCUT2D eigenvalue weighted by Gasteiger charge is -2.27. The van der Waals surface area contributed by atoms with Gasteiger partial charge in [-0.05, 0) is 18.8 Å². The molecule has 1 aliphatic heterocycles. The maximum Gasteiger partial charge on any atom is 0.228 e. The van der Waals surface area contributed by atoms with Gasteiger partial charge in [-0.25, -0.2) is 19.9 Å². The molecule has 4 heterocycles. The van der Waals surface area contributed by atoms with Crippen molar-refractivity contribution in [2.45, 2.75) is 38.6 Å². The number of hydrogen-bond acceptors (Lipinski definition) is 8. The summed E-state index contributed by atoms with van der Waals surface area (Å²) in [6, 6.07) is 0. The first-order valence-electron chi connectivity index (χ1n) is 10.4. The van der Waals surface area contributed by atoms with E-state index in [0.29, 0.717) is 42.3 Å². The molecule has 2 N–H and O–H groups in total. The highest BCUT2D eigenvalue weighted by molar-refractivity contribution is 5.87. The van der Waals surface area contributed by atoms with E-state index >= 15 is 0 Å². The molecular formula is C20H26N8O. The minimum atomic E-state index is 0.385. The quantitative estimate of drug-likeness (QED) is 0.718. The highest BCUT2D eigenvalue weighted by Gasteiger charge is 2.22. The molecule has 3 aromatic rings. The van der Waals surface area contributed by atoms with E-state index in [-0.39, 0.29) is 0 Å². The van der Waals surface area contributed by atoms with Crippen LogP contribution in [0.25, 0.3) is 22.6 Å². The lowest BCUT2D eigenvalue weighted by molar-refractivity contribution is 0.122.